The van der Waals surface area contributed by atoms with Crippen molar-refractivity contribution >= 4 is 40.9 Å². The summed E-state index contributed by atoms with van der Waals surface area (Å²) in [6.07, 6.45) is 0. The van der Waals surface area contributed by atoms with Crippen LogP contribution in [0.25, 0.3) is 5.76 Å². The molecule has 0 aromatic heterocycles. The van der Waals surface area contributed by atoms with Gasteiger partial charge in [-0.1, -0.05) is 23.4 Å². The number of ketones is 1. The molecule has 0 spiro atoms. The Morgan fingerprint density at radius 3 is 2.76 bits per heavy atom. The molecule has 1 aromatic carbocycles. The maximum absolute atomic E-state index is 11.9. The molecule has 6 heteroatoms. The topological polar surface area (TPSA) is 77.4 Å². The Labute approximate surface area is 106 Å². The molecule has 0 unspecified atom stereocenters. The van der Waals surface area contributed by atoms with Gasteiger partial charge in [-0.2, -0.15) is 0 Å². The molecular weight excluding hydrogens is 264 g/mol. The maximum atomic E-state index is 11.9. The van der Waals surface area contributed by atoms with Crippen molar-refractivity contribution in [3.63, 3.8) is 0 Å². The lowest BCUT2D eigenvalue weighted by Gasteiger charge is -2.25. The van der Waals surface area contributed by atoms with E-state index >= 15 is 0 Å². The number of fused-ring (bicyclic) bond motifs is 1. The largest absolute Gasteiger partial charge is 0.871 e. The van der Waals surface area contributed by atoms with Crippen LogP contribution < -0.4 is 5.11 Å². The number of halogens is 1. The molecule has 17 heavy (non-hydrogen) atoms. The van der Waals surface area contributed by atoms with E-state index in [4.69, 9.17) is 16.7 Å². The number of rotatable bonds is 2. The molecule has 0 bridgehead atoms. The fraction of sp³-hybridized carbons (Fsp3) is 0.0909. The summed E-state index contributed by atoms with van der Waals surface area (Å²) in [5.74, 6) is -2.94. The lowest BCUT2D eigenvalue weighted by molar-refractivity contribution is -0.244. The van der Waals surface area contributed by atoms with E-state index in [-0.39, 0.29) is 4.91 Å². The zero-order chi connectivity index (χ0) is 12.6. The van der Waals surface area contributed by atoms with Crippen molar-refractivity contribution < 1.29 is 19.8 Å². The second-order valence-corrected chi connectivity index (χ2v) is 4.80. The Hall–Kier alpha value is -1.46. The van der Waals surface area contributed by atoms with Crippen LogP contribution in [0.3, 0.4) is 0 Å². The lowest BCUT2D eigenvalue weighted by Crippen LogP contribution is -2.21. The SMILES string of the molecule is O=C(O)C(=O)C1=C([O-])c2ccc(Cl)cc2CS1. The van der Waals surface area contributed by atoms with Crippen LogP contribution in [0.5, 0.6) is 0 Å². The van der Waals surface area contributed by atoms with Crippen molar-refractivity contribution in [2.75, 3.05) is 0 Å². The third kappa shape index (κ3) is 2.16. The first-order chi connectivity index (χ1) is 8.00. The average molecular weight is 270 g/mol. The summed E-state index contributed by atoms with van der Waals surface area (Å²) < 4.78 is 0. The molecular formula is C11H6ClO4S-. The second kappa shape index (κ2) is 4.43. The minimum absolute atomic E-state index is 0.243. The van der Waals surface area contributed by atoms with Gasteiger partial charge in [-0.15, -0.1) is 11.8 Å². The highest BCUT2D eigenvalue weighted by Crippen LogP contribution is 2.36. The summed E-state index contributed by atoms with van der Waals surface area (Å²) >= 11 is 6.72. The number of carboxylic acid groups (broad SMARTS) is 1. The van der Waals surface area contributed by atoms with E-state index in [2.05, 4.69) is 0 Å². The number of Topliss-reactive ketones (excluding diaryl/α,β-unsaturated/α-hetero) is 1. The van der Waals surface area contributed by atoms with Crippen LogP contribution >= 0.6 is 23.4 Å². The van der Waals surface area contributed by atoms with Crippen LogP contribution in [0.15, 0.2) is 23.1 Å². The Balaban J connectivity index is 2.52. The van der Waals surface area contributed by atoms with Gasteiger partial charge in [0.05, 0.1) is 4.91 Å². The van der Waals surface area contributed by atoms with E-state index in [0.717, 1.165) is 17.3 Å². The quantitative estimate of drug-likeness (QED) is 0.818. The fourth-order valence-corrected chi connectivity index (χ4v) is 2.70. The predicted octanol–water partition coefficient (Wildman–Crippen LogP) is 1.27. The summed E-state index contributed by atoms with van der Waals surface area (Å²) in [4.78, 5) is 21.6. The number of carboxylic acids is 1. The number of carbonyl (C=O) groups excluding carboxylic acids is 1. The first-order valence-corrected chi connectivity index (χ1v) is 5.97. The summed E-state index contributed by atoms with van der Waals surface area (Å²) in [5, 5.41) is 21.0. The average Bonchev–Trinajstić information content (AvgIpc) is 2.28. The molecule has 1 N–H and O–H groups in total. The number of benzene rings is 1. The van der Waals surface area contributed by atoms with E-state index in [1.807, 2.05) is 0 Å². The summed E-state index contributed by atoms with van der Waals surface area (Å²) in [7, 11) is 0. The van der Waals surface area contributed by atoms with Gasteiger partial charge in [-0.25, -0.2) is 4.79 Å². The molecule has 0 amide bonds. The van der Waals surface area contributed by atoms with E-state index < -0.39 is 17.5 Å². The number of hydrogen-bond acceptors (Lipinski definition) is 4. The van der Waals surface area contributed by atoms with Crippen LogP contribution in [0, 0.1) is 0 Å². The molecule has 1 heterocycles. The molecule has 0 atom stereocenters. The first-order valence-electron chi connectivity index (χ1n) is 4.61. The Morgan fingerprint density at radius 2 is 2.12 bits per heavy atom. The molecule has 0 radical (unpaired) electrons. The van der Waals surface area contributed by atoms with E-state index in [1.54, 1.807) is 6.07 Å². The van der Waals surface area contributed by atoms with Gasteiger partial charge in [-0.3, -0.25) is 4.79 Å². The molecule has 0 fully saturated rings. The van der Waals surface area contributed by atoms with Crippen LogP contribution in [-0.2, 0) is 15.3 Å². The highest BCUT2D eigenvalue weighted by atomic mass is 35.5. The molecule has 4 nitrogen and oxygen atoms in total. The van der Waals surface area contributed by atoms with Crippen LogP contribution in [0.2, 0.25) is 5.02 Å². The minimum atomic E-state index is -1.61. The molecule has 1 aliphatic heterocycles. The van der Waals surface area contributed by atoms with Crippen LogP contribution in [0.4, 0.5) is 0 Å². The molecule has 1 aliphatic rings. The van der Waals surface area contributed by atoms with E-state index in [0.29, 0.717) is 16.3 Å². The molecule has 2 rings (SSSR count). The Bertz CT molecular complexity index is 550. The number of carbonyl (C=O) groups is 2. The second-order valence-electron chi connectivity index (χ2n) is 3.38. The number of hydrogen-bond donors (Lipinski definition) is 1. The van der Waals surface area contributed by atoms with Gasteiger partial charge >= 0.3 is 5.97 Å². The highest BCUT2D eigenvalue weighted by molar-refractivity contribution is 8.03. The van der Waals surface area contributed by atoms with Crippen molar-refractivity contribution in [1.29, 1.82) is 0 Å². The van der Waals surface area contributed by atoms with Crippen molar-refractivity contribution in [2.45, 2.75) is 5.75 Å². The predicted molar refractivity (Wildman–Crippen MR) is 62.3 cm³/mol. The van der Waals surface area contributed by atoms with E-state index in [1.165, 1.54) is 12.1 Å². The standard InChI is InChI=1S/C11H7ClO4S/c12-6-1-2-7-5(3-6)4-17-10(8(7)13)9(14)11(15)16/h1-3,13H,4H2,(H,15,16)/p-1. The molecule has 0 aliphatic carbocycles. The molecule has 0 saturated carbocycles. The monoisotopic (exact) mass is 269 g/mol. The van der Waals surface area contributed by atoms with Gasteiger partial charge in [-0.05, 0) is 23.3 Å². The minimum Gasteiger partial charge on any atom is -0.871 e. The molecule has 0 saturated heterocycles. The smallest absolute Gasteiger partial charge is 0.377 e. The fourth-order valence-electron chi connectivity index (χ4n) is 1.51. The molecule has 88 valence electrons. The van der Waals surface area contributed by atoms with Gasteiger partial charge < -0.3 is 10.2 Å². The number of thioether (sulfide) groups is 1. The van der Waals surface area contributed by atoms with Crippen molar-refractivity contribution in [2.24, 2.45) is 0 Å². The zero-order valence-electron chi connectivity index (χ0n) is 8.40. The van der Waals surface area contributed by atoms with Gasteiger partial charge in [0.25, 0.3) is 5.78 Å². The van der Waals surface area contributed by atoms with Crippen LogP contribution in [-0.4, -0.2) is 16.9 Å². The summed E-state index contributed by atoms with van der Waals surface area (Å²) in [6, 6.07) is 4.69. The third-order valence-corrected chi connectivity index (χ3v) is 3.64. The van der Waals surface area contributed by atoms with Crippen molar-refractivity contribution in [3.8, 4) is 0 Å². The van der Waals surface area contributed by atoms with Gasteiger partial charge in [0.15, 0.2) is 0 Å². The van der Waals surface area contributed by atoms with Crippen molar-refractivity contribution in [3.05, 3.63) is 39.3 Å². The van der Waals surface area contributed by atoms with Gasteiger partial charge in [0.1, 0.15) is 0 Å². The maximum Gasteiger partial charge on any atom is 0.377 e. The van der Waals surface area contributed by atoms with Crippen LogP contribution in [0.1, 0.15) is 11.1 Å². The summed E-state index contributed by atoms with van der Waals surface area (Å²) in [5.41, 5.74) is 1.06. The van der Waals surface area contributed by atoms with E-state index in [9.17, 15) is 14.7 Å². The Kier molecular flexibility index (Phi) is 3.13. The van der Waals surface area contributed by atoms with Gasteiger partial charge in [0, 0.05) is 10.8 Å². The van der Waals surface area contributed by atoms with Crippen molar-refractivity contribution in [1.82, 2.24) is 0 Å². The highest BCUT2D eigenvalue weighted by Gasteiger charge is 2.23. The summed E-state index contributed by atoms with van der Waals surface area (Å²) in [6.45, 7) is 0. The normalized spacial score (nSPS) is 14.4. The third-order valence-electron chi connectivity index (χ3n) is 2.29. The first kappa shape index (κ1) is 12.0. The molecule has 1 aromatic rings. The Morgan fingerprint density at radius 1 is 1.41 bits per heavy atom. The van der Waals surface area contributed by atoms with Gasteiger partial charge in [0.2, 0.25) is 0 Å². The zero-order valence-corrected chi connectivity index (χ0v) is 9.97. The lowest BCUT2D eigenvalue weighted by atomic mass is 10.1. The number of aliphatic carboxylic acids is 1.